The topological polar surface area (TPSA) is 154 Å². The molecular weight excluding hydrogens is 690 g/mol. The van der Waals surface area contributed by atoms with E-state index in [1.165, 1.54) is 43.3 Å². The van der Waals surface area contributed by atoms with Crippen molar-refractivity contribution in [3.63, 3.8) is 0 Å². The fourth-order valence-corrected chi connectivity index (χ4v) is 6.74. The first-order valence-electron chi connectivity index (χ1n) is 16.9. The number of piperidine rings is 1. The zero-order chi connectivity index (χ0) is 37.9. The number of ether oxygens (including phenoxy) is 2. The van der Waals surface area contributed by atoms with Crippen LogP contribution >= 0.6 is 0 Å². The molecule has 1 saturated heterocycles. The van der Waals surface area contributed by atoms with Crippen molar-refractivity contribution in [2.24, 2.45) is 4.99 Å². The molecular formula is C37H39F2N8O6+. The molecule has 1 amide bonds. The number of nitrogens with zero attached hydrogens (tertiary/aromatic N) is 7. The van der Waals surface area contributed by atoms with Gasteiger partial charge in [-0.1, -0.05) is 11.1 Å². The van der Waals surface area contributed by atoms with Crippen molar-refractivity contribution < 1.29 is 32.5 Å². The lowest BCUT2D eigenvalue weighted by atomic mass is 9.99. The van der Waals surface area contributed by atoms with E-state index < -0.39 is 33.7 Å². The maximum Gasteiger partial charge on any atom is 0.368 e. The molecule has 2 aliphatic heterocycles. The quantitative estimate of drug-likeness (QED) is 0.0891. The van der Waals surface area contributed by atoms with Gasteiger partial charge in [0.25, 0.3) is 5.56 Å². The van der Waals surface area contributed by atoms with Crippen LogP contribution < -0.4 is 20.3 Å². The number of halogens is 2. The maximum atomic E-state index is 15.8. The number of carbonyl (C=O) groups excluding carboxylic acids is 1. The summed E-state index contributed by atoms with van der Waals surface area (Å²) < 4.78 is 43.7. The van der Waals surface area contributed by atoms with Crippen molar-refractivity contribution in [2.75, 3.05) is 59.8 Å². The predicted molar refractivity (Wildman–Crippen MR) is 195 cm³/mol. The Hall–Kier alpha value is -6.03. The Morgan fingerprint density at radius 2 is 1.79 bits per heavy atom. The molecule has 0 unspecified atom stereocenters. The Balaban J connectivity index is 1.28. The number of nitrogens with one attached hydrogen (secondary N) is 1. The number of likely N-dealkylation sites (tertiary alicyclic amines) is 1. The van der Waals surface area contributed by atoms with Gasteiger partial charge in [-0.2, -0.15) is 0 Å². The number of hydrogen-bond donors (Lipinski definition) is 1. The first kappa shape index (κ1) is 36.8. The molecule has 0 radical (unpaired) electrons. The van der Waals surface area contributed by atoms with Crippen LogP contribution in [-0.2, 0) is 4.79 Å². The lowest BCUT2D eigenvalue weighted by molar-refractivity contribution is -0.880. The highest BCUT2D eigenvalue weighted by Crippen LogP contribution is 2.38. The smallest absolute Gasteiger partial charge is 0.368 e. The Morgan fingerprint density at radius 3 is 2.43 bits per heavy atom. The normalized spacial score (nSPS) is 15.1. The summed E-state index contributed by atoms with van der Waals surface area (Å²) >= 11 is 0. The molecule has 4 aromatic rings. The van der Waals surface area contributed by atoms with E-state index in [1.807, 2.05) is 20.2 Å². The number of rotatable bonds is 12. The number of quaternary nitrogens is 1. The van der Waals surface area contributed by atoms with Crippen LogP contribution in [0.4, 0.5) is 20.4 Å². The van der Waals surface area contributed by atoms with Crippen molar-refractivity contribution in [2.45, 2.75) is 25.3 Å². The largest absolute Gasteiger partial charge is 0.494 e. The van der Waals surface area contributed by atoms with Crippen molar-refractivity contribution in [1.82, 2.24) is 19.4 Å². The number of carbonyl (C=O) groups is 1. The Labute approximate surface area is 303 Å². The second-order valence-electron chi connectivity index (χ2n) is 13.4. The predicted octanol–water partition coefficient (Wildman–Crippen LogP) is 5.26. The summed E-state index contributed by atoms with van der Waals surface area (Å²) in [6.07, 6.45) is 9.12. The standard InChI is InChI=1S/C37H38F2N8O6/c1-47(2,22-23-10-14-41-36(23)46(50)51)17-7-9-32(48)44-15-11-25(12-16-44)45-27-19-31(43-30-8-5-6-13-40-30)42-21-24(27)18-26(37(45)49)33-34(38)28(52-3)20-29(53-4)35(33)39/h5-9,13-14,18-21,25H,10-12,15-17,22H2,1-4H3/p+1/b9-7+. The Kier molecular flexibility index (Phi) is 10.6. The Morgan fingerprint density at radius 1 is 1.08 bits per heavy atom. The lowest BCUT2D eigenvalue weighted by Crippen LogP contribution is -2.42. The van der Waals surface area contributed by atoms with Gasteiger partial charge >= 0.3 is 5.82 Å². The molecule has 0 saturated carbocycles. The molecule has 53 heavy (non-hydrogen) atoms. The van der Waals surface area contributed by atoms with Crippen molar-refractivity contribution in [3.05, 3.63) is 104 Å². The van der Waals surface area contributed by atoms with E-state index in [1.54, 1.807) is 35.4 Å². The van der Waals surface area contributed by atoms with E-state index in [2.05, 4.69) is 20.3 Å². The van der Waals surface area contributed by atoms with Gasteiger partial charge in [-0.15, -0.1) is 0 Å². The minimum atomic E-state index is -1.05. The first-order valence-corrected chi connectivity index (χ1v) is 16.9. The molecule has 0 atom stereocenters. The lowest BCUT2D eigenvalue weighted by Gasteiger charge is -2.33. The summed E-state index contributed by atoms with van der Waals surface area (Å²) in [5.41, 5.74) is -0.323. The van der Waals surface area contributed by atoms with Crippen LogP contribution in [0.5, 0.6) is 11.5 Å². The number of anilines is 2. The van der Waals surface area contributed by atoms with Gasteiger partial charge in [-0.3, -0.25) is 9.59 Å². The van der Waals surface area contributed by atoms with Crippen molar-refractivity contribution in [3.8, 4) is 22.6 Å². The number of nitro groups is 1. The van der Waals surface area contributed by atoms with E-state index in [0.717, 1.165) is 6.07 Å². The maximum absolute atomic E-state index is 15.8. The van der Waals surface area contributed by atoms with Gasteiger partial charge < -0.3 is 38.9 Å². The Bertz CT molecular complexity index is 2180. The van der Waals surface area contributed by atoms with Gasteiger partial charge in [-0.25, -0.2) is 18.7 Å². The van der Waals surface area contributed by atoms with Crippen molar-refractivity contribution in [1.29, 1.82) is 0 Å². The van der Waals surface area contributed by atoms with Crippen LogP contribution in [0.15, 0.2) is 82.1 Å². The van der Waals surface area contributed by atoms with Gasteiger partial charge in [0.1, 0.15) is 24.4 Å². The minimum Gasteiger partial charge on any atom is -0.494 e. The molecule has 3 aromatic heterocycles. The highest BCUT2D eigenvalue weighted by molar-refractivity contribution is 5.88. The summed E-state index contributed by atoms with van der Waals surface area (Å²) in [5.74, 6) is -2.05. The molecule has 1 N–H and O–H groups in total. The second kappa shape index (κ2) is 15.3. The zero-order valence-electron chi connectivity index (χ0n) is 29.7. The van der Waals surface area contributed by atoms with Crippen LogP contribution in [0.2, 0.25) is 0 Å². The van der Waals surface area contributed by atoms with Crippen LogP contribution in [0.1, 0.15) is 25.3 Å². The third-order valence-electron chi connectivity index (χ3n) is 9.35. The monoisotopic (exact) mass is 729 g/mol. The molecule has 0 bridgehead atoms. The number of hydrogen-bond acceptors (Lipinski definition) is 10. The third-order valence-corrected chi connectivity index (χ3v) is 9.35. The van der Waals surface area contributed by atoms with Gasteiger partial charge in [0.05, 0.1) is 57.1 Å². The van der Waals surface area contributed by atoms with Crippen LogP contribution in [0, 0.1) is 21.7 Å². The summed E-state index contributed by atoms with van der Waals surface area (Å²) in [4.78, 5) is 52.9. The van der Waals surface area contributed by atoms with E-state index >= 15 is 8.78 Å². The summed E-state index contributed by atoms with van der Waals surface area (Å²) in [6.45, 7) is 1.50. The number of fused-ring (bicyclic) bond motifs is 1. The molecule has 1 aromatic carbocycles. The highest BCUT2D eigenvalue weighted by Gasteiger charge is 2.31. The average Bonchev–Trinajstić information content (AvgIpc) is 3.60. The first-order chi connectivity index (χ1) is 25.4. The van der Waals surface area contributed by atoms with Gasteiger partial charge in [0.2, 0.25) is 5.91 Å². The molecule has 0 spiro atoms. The molecule has 6 rings (SSSR count). The fraction of sp³-hybridized carbons (Fsp3) is 0.324. The molecule has 14 nitrogen and oxygen atoms in total. The fourth-order valence-electron chi connectivity index (χ4n) is 6.74. The summed E-state index contributed by atoms with van der Waals surface area (Å²) in [5, 5.41) is 14.9. The number of amides is 1. The molecule has 2 aliphatic rings. The number of methoxy groups -OCH3 is 2. The summed E-state index contributed by atoms with van der Waals surface area (Å²) in [6, 6.07) is 9.10. The number of likely N-dealkylation sites (N-methyl/N-ethyl adjacent to an activating group) is 1. The van der Waals surface area contributed by atoms with Crippen molar-refractivity contribution >= 4 is 34.7 Å². The molecule has 16 heteroatoms. The van der Waals surface area contributed by atoms with E-state index in [0.29, 0.717) is 78.0 Å². The minimum absolute atomic E-state index is 0.119. The van der Waals surface area contributed by atoms with Crippen LogP contribution in [-0.4, -0.2) is 95.5 Å². The number of aliphatic imine (C=N–C) groups is 1. The number of pyridine rings is 3. The SMILES string of the molecule is COc1cc(OC)c(F)c(-c2cc3cnc(Nc4ccccn4)cc3n(C3CCN(C(=O)/C=C/C[N+](C)(C)CC4=C([N+](=O)[O-])N=CC4)CC3)c2=O)c1F. The molecule has 0 aliphatic carbocycles. The van der Waals surface area contributed by atoms with Crippen LogP contribution in [0.25, 0.3) is 22.0 Å². The number of aromatic nitrogens is 3. The molecule has 276 valence electrons. The van der Waals surface area contributed by atoms with Gasteiger partial charge in [0, 0.05) is 61.5 Å². The van der Waals surface area contributed by atoms with E-state index in [-0.39, 0.29) is 28.8 Å². The molecule has 5 heterocycles. The van der Waals surface area contributed by atoms with E-state index in [4.69, 9.17) is 9.47 Å². The van der Waals surface area contributed by atoms with Gasteiger partial charge in [-0.05, 0) is 42.0 Å². The molecule has 1 fully saturated rings. The van der Waals surface area contributed by atoms with E-state index in [9.17, 15) is 19.7 Å². The summed E-state index contributed by atoms with van der Waals surface area (Å²) in [7, 11) is 6.32. The average molecular weight is 730 g/mol. The highest BCUT2D eigenvalue weighted by atomic mass is 19.1. The van der Waals surface area contributed by atoms with Gasteiger partial charge in [0.15, 0.2) is 23.1 Å². The zero-order valence-corrected chi connectivity index (χ0v) is 29.7. The second-order valence-corrected chi connectivity index (χ2v) is 13.4. The third kappa shape index (κ3) is 7.77. The van der Waals surface area contributed by atoms with Crippen LogP contribution in [0.3, 0.4) is 0 Å². The number of benzene rings is 1.